The summed E-state index contributed by atoms with van der Waals surface area (Å²) in [4.78, 5) is 4.05. The van der Waals surface area contributed by atoms with Gasteiger partial charge in [-0.1, -0.05) is 13.8 Å². The second kappa shape index (κ2) is 8.16. The summed E-state index contributed by atoms with van der Waals surface area (Å²) in [5, 5.41) is 3.34. The summed E-state index contributed by atoms with van der Waals surface area (Å²) in [6.07, 6.45) is 2.22. The maximum atomic E-state index is 12.7. The Bertz CT molecular complexity index is 327. The van der Waals surface area contributed by atoms with Gasteiger partial charge in [-0.25, -0.2) is 4.39 Å². The third kappa shape index (κ3) is 6.07. The molecule has 18 heavy (non-hydrogen) atoms. The van der Waals surface area contributed by atoms with Gasteiger partial charge < -0.3 is 10.1 Å². The lowest BCUT2D eigenvalue weighted by Gasteiger charge is -2.13. The summed E-state index contributed by atoms with van der Waals surface area (Å²) in [6, 6.07) is 3.28. The van der Waals surface area contributed by atoms with Crippen LogP contribution in [0, 0.1) is 11.7 Å². The topological polar surface area (TPSA) is 34.1 Å². The summed E-state index contributed by atoms with van der Waals surface area (Å²) in [6.45, 7) is 8.76. The van der Waals surface area contributed by atoms with Crippen LogP contribution in [-0.4, -0.2) is 24.7 Å². The molecule has 4 heteroatoms. The van der Waals surface area contributed by atoms with Crippen molar-refractivity contribution in [2.24, 2.45) is 5.92 Å². The quantitative estimate of drug-likeness (QED) is 0.724. The summed E-state index contributed by atoms with van der Waals surface area (Å²) in [5.41, 5.74) is 0.861. The van der Waals surface area contributed by atoms with Gasteiger partial charge in [0, 0.05) is 19.3 Å². The highest BCUT2D eigenvalue weighted by Crippen LogP contribution is 2.09. The second-order valence-electron chi connectivity index (χ2n) is 4.90. The molecule has 0 radical (unpaired) electrons. The lowest BCUT2D eigenvalue weighted by molar-refractivity contribution is 0.107. The number of hydrogen-bond acceptors (Lipinski definition) is 3. The first-order valence-corrected chi connectivity index (χ1v) is 6.52. The number of pyridine rings is 1. The number of hydrogen-bond donors (Lipinski definition) is 1. The molecule has 0 saturated carbocycles. The standard InChI is InChI=1S/C14H23FN2O/c1-11(2)10-18-8-4-7-16-12(3)14-6-5-13(15)9-17-14/h5-6,9,11-12,16H,4,7-8,10H2,1-3H3. The van der Waals surface area contributed by atoms with E-state index in [4.69, 9.17) is 4.74 Å². The molecular weight excluding hydrogens is 231 g/mol. The van der Waals surface area contributed by atoms with Crippen molar-refractivity contribution in [2.45, 2.75) is 33.2 Å². The van der Waals surface area contributed by atoms with E-state index in [1.807, 2.05) is 6.92 Å². The molecule has 0 fully saturated rings. The Kier molecular flexibility index (Phi) is 6.83. The zero-order valence-electron chi connectivity index (χ0n) is 11.4. The van der Waals surface area contributed by atoms with Crippen molar-refractivity contribution in [3.63, 3.8) is 0 Å². The Balaban J connectivity index is 2.13. The second-order valence-corrected chi connectivity index (χ2v) is 4.90. The van der Waals surface area contributed by atoms with Crippen LogP contribution in [0.15, 0.2) is 18.3 Å². The lowest BCUT2D eigenvalue weighted by Crippen LogP contribution is -2.22. The Morgan fingerprint density at radius 1 is 1.33 bits per heavy atom. The molecule has 0 aromatic carbocycles. The van der Waals surface area contributed by atoms with Crippen LogP contribution < -0.4 is 5.32 Å². The minimum atomic E-state index is -0.298. The van der Waals surface area contributed by atoms with E-state index < -0.39 is 0 Å². The van der Waals surface area contributed by atoms with E-state index in [1.165, 1.54) is 12.3 Å². The number of nitrogens with zero attached hydrogens (tertiary/aromatic N) is 1. The molecule has 0 spiro atoms. The van der Waals surface area contributed by atoms with Gasteiger partial charge in [-0.05, 0) is 37.9 Å². The van der Waals surface area contributed by atoms with Gasteiger partial charge in [0.2, 0.25) is 0 Å². The Morgan fingerprint density at radius 2 is 2.11 bits per heavy atom. The van der Waals surface area contributed by atoms with Gasteiger partial charge >= 0.3 is 0 Å². The molecule has 1 aromatic heterocycles. The molecule has 0 amide bonds. The van der Waals surface area contributed by atoms with Crippen molar-refractivity contribution < 1.29 is 9.13 Å². The molecule has 1 atom stereocenters. The number of ether oxygens (including phenoxy) is 1. The molecule has 1 aromatic rings. The number of aromatic nitrogens is 1. The van der Waals surface area contributed by atoms with Crippen molar-refractivity contribution in [2.75, 3.05) is 19.8 Å². The fraction of sp³-hybridized carbons (Fsp3) is 0.643. The Hall–Kier alpha value is -1.00. The van der Waals surface area contributed by atoms with Crippen LogP contribution >= 0.6 is 0 Å². The van der Waals surface area contributed by atoms with E-state index in [9.17, 15) is 4.39 Å². The number of nitrogens with one attached hydrogen (secondary N) is 1. The monoisotopic (exact) mass is 254 g/mol. The van der Waals surface area contributed by atoms with Gasteiger partial charge in [0.15, 0.2) is 0 Å². The van der Waals surface area contributed by atoms with Crippen LogP contribution in [0.4, 0.5) is 4.39 Å². The van der Waals surface area contributed by atoms with Gasteiger partial charge in [0.1, 0.15) is 5.82 Å². The molecular formula is C14H23FN2O. The number of rotatable bonds is 8. The highest BCUT2D eigenvalue weighted by molar-refractivity contribution is 5.08. The predicted octanol–water partition coefficient (Wildman–Crippen LogP) is 2.93. The third-order valence-corrected chi connectivity index (χ3v) is 2.56. The van der Waals surface area contributed by atoms with E-state index in [-0.39, 0.29) is 11.9 Å². The van der Waals surface area contributed by atoms with Crippen molar-refractivity contribution in [3.05, 3.63) is 29.8 Å². The zero-order chi connectivity index (χ0) is 13.4. The molecule has 0 saturated heterocycles. The average molecular weight is 254 g/mol. The van der Waals surface area contributed by atoms with Crippen LogP contribution in [0.3, 0.4) is 0 Å². The SMILES string of the molecule is CC(C)COCCCNC(C)c1ccc(F)cn1. The Morgan fingerprint density at radius 3 is 2.72 bits per heavy atom. The first-order chi connectivity index (χ1) is 8.59. The van der Waals surface area contributed by atoms with E-state index in [0.717, 1.165) is 31.9 Å². The summed E-state index contributed by atoms with van der Waals surface area (Å²) >= 11 is 0. The maximum absolute atomic E-state index is 12.7. The molecule has 0 aliphatic carbocycles. The zero-order valence-corrected chi connectivity index (χ0v) is 11.4. The normalized spacial score (nSPS) is 12.9. The molecule has 3 nitrogen and oxygen atoms in total. The lowest BCUT2D eigenvalue weighted by atomic mass is 10.2. The van der Waals surface area contributed by atoms with Gasteiger partial charge in [-0.15, -0.1) is 0 Å². The van der Waals surface area contributed by atoms with E-state index in [0.29, 0.717) is 5.92 Å². The van der Waals surface area contributed by atoms with Crippen LogP contribution in [-0.2, 0) is 4.74 Å². The fourth-order valence-electron chi connectivity index (χ4n) is 1.56. The molecule has 0 aliphatic heterocycles. The van der Waals surface area contributed by atoms with Crippen molar-refractivity contribution in [3.8, 4) is 0 Å². The minimum Gasteiger partial charge on any atom is -0.381 e. The van der Waals surface area contributed by atoms with E-state index in [1.54, 1.807) is 6.07 Å². The molecule has 1 unspecified atom stereocenters. The van der Waals surface area contributed by atoms with E-state index in [2.05, 4.69) is 24.1 Å². The summed E-state index contributed by atoms with van der Waals surface area (Å²) in [7, 11) is 0. The Labute approximate surface area is 109 Å². The molecule has 1 rings (SSSR count). The molecule has 1 heterocycles. The summed E-state index contributed by atoms with van der Waals surface area (Å²) in [5.74, 6) is 0.285. The van der Waals surface area contributed by atoms with Crippen LogP contribution in [0.2, 0.25) is 0 Å². The first kappa shape index (κ1) is 15.1. The molecule has 102 valence electrons. The highest BCUT2D eigenvalue weighted by atomic mass is 19.1. The molecule has 0 aliphatic rings. The highest BCUT2D eigenvalue weighted by Gasteiger charge is 2.05. The number of halogens is 1. The molecule has 1 N–H and O–H groups in total. The fourth-order valence-corrected chi connectivity index (χ4v) is 1.56. The first-order valence-electron chi connectivity index (χ1n) is 6.52. The van der Waals surface area contributed by atoms with Gasteiger partial charge in [-0.2, -0.15) is 0 Å². The maximum Gasteiger partial charge on any atom is 0.141 e. The predicted molar refractivity (Wildman–Crippen MR) is 70.9 cm³/mol. The van der Waals surface area contributed by atoms with Crippen LogP contribution in [0.1, 0.15) is 38.9 Å². The van der Waals surface area contributed by atoms with E-state index >= 15 is 0 Å². The third-order valence-electron chi connectivity index (χ3n) is 2.56. The van der Waals surface area contributed by atoms with Gasteiger partial charge in [0.25, 0.3) is 0 Å². The average Bonchev–Trinajstić information content (AvgIpc) is 2.34. The van der Waals surface area contributed by atoms with Crippen molar-refractivity contribution in [1.82, 2.24) is 10.3 Å². The summed E-state index contributed by atoms with van der Waals surface area (Å²) < 4.78 is 18.2. The molecule has 0 bridgehead atoms. The van der Waals surface area contributed by atoms with Crippen molar-refractivity contribution in [1.29, 1.82) is 0 Å². The minimum absolute atomic E-state index is 0.135. The van der Waals surface area contributed by atoms with Crippen molar-refractivity contribution >= 4 is 0 Å². The van der Waals surface area contributed by atoms with Gasteiger partial charge in [-0.3, -0.25) is 4.98 Å². The van der Waals surface area contributed by atoms with Crippen LogP contribution in [0.25, 0.3) is 0 Å². The largest absolute Gasteiger partial charge is 0.381 e. The van der Waals surface area contributed by atoms with Gasteiger partial charge in [0.05, 0.1) is 11.9 Å². The van der Waals surface area contributed by atoms with Crippen LogP contribution in [0.5, 0.6) is 0 Å². The smallest absolute Gasteiger partial charge is 0.141 e.